The monoisotopic (exact) mass is 512 g/mol. The van der Waals surface area contributed by atoms with Crippen molar-refractivity contribution < 1.29 is 27.4 Å². The summed E-state index contributed by atoms with van der Waals surface area (Å²) in [5.74, 6) is -2.12. The molecule has 3 aromatic carbocycles. The molecule has 6 heteroatoms. The molecule has 1 aliphatic heterocycles. The SMILES string of the molecule is CCCCCCCC1COC(c2ccc(-c3ccc(-c4ccc(OCC)c(F)c4F)cc3)c(F)c2)OC1. The predicted octanol–water partition coefficient (Wildman–Crippen LogP) is 8.86. The van der Waals surface area contributed by atoms with Crippen molar-refractivity contribution in [3.05, 3.63) is 77.6 Å². The molecule has 0 aromatic heterocycles. The van der Waals surface area contributed by atoms with E-state index in [2.05, 4.69) is 6.92 Å². The highest BCUT2D eigenvalue weighted by Gasteiger charge is 2.24. The van der Waals surface area contributed by atoms with Crippen LogP contribution < -0.4 is 4.74 Å². The zero-order valence-corrected chi connectivity index (χ0v) is 21.6. The highest BCUT2D eigenvalue weighted by Crippen LogP contribution is 2.34. The zero-order chi connectivity index (χ0) is 26.2. The Hall–Kier alpha value is -2.83. The van der Waals surface area contributed by atoms with Crippen molar-refractivity contribution in [1.82, 2.24) is 0 Å². The average Bonchev–Trinajstić information content (AvgIpc) is 2.92. The van der Waals surface area contributed by atoms with Gasteiger partial charge in [-0.15, -0.1) is 0 Å². The molecule has 0 saturated carbocycles. The molecule has 0 aliphatic carbocycles. The highest BCUT2D eigenvalue weighted by molar-refractivity contribution is 5.71. The third kappa shape index (κ3) is 6.74. The molecule has 0 atom stereocenters. The first-order valence-corrected chi connectivity index (χ1v) is 13.3. The van der Waals surface area contributed by atoms with Crippen LogP contribution in [0.2, 0.25) is 0 Å². The Morgan fingerprint density at radius 1 is 0.757 bits per heavy atom. The largest absolute Gasteiger partial charge is 0.491 e. The van der Waals surface area contributed by atoms with E-state index in [9.17, 15) is 8.78 Å². The molecule has 1 saturated heterocycles. The van der Waals surface area contributed by atoms with Crippen LogP contribution in [-0.4, -0.2) is 19.8 Å². The van der Waals surface area contributed by atoms with E-state index in [1.807, 2.05) is 6.07 Å². The van der Waals surface area contributed by atoms with Gasteiger partial charge in [-0.25, -0.2) is 8.78 Å². The first kappa shape index (κ1) is 27.2. The molecule has 0 amide bonds. The molecule has 0 unspecified atom stereocenters. The second-order valence-electron chi connectivity index (χ2n) is 9.56. The van der Waals surface area contributed by atoms with Gasteiger partial charge in [0, 0.05) is 22.6 Å². The van der Waals surface area contributed by atoms with Crippen LogP contribution >= 0.6 is 0 Å². The molecule has 37 heavy (non-hydrogen) atoms. The maximum atomic E-state index is 15.1. The number of hydrogen-bond donors (Lipinski definition) is 0. The summed E-state index contributed by atoms with van der Waals surface area (Å²) in [4.78, 5) is 0. The fourth-order valence-corrected chi connectivity index (χ4v) is 4.70. The molecule has 0 spiro atoms. The molecular formula is C31H35F3O3. The van der Waals surface area contributed by atoms with Gasteiger partial charge in [-0.2, -0.15) is 4.39 Å². The normalized spacial score (nSPS) is 17.6. The van der Waals surface area contributed by atoms with Crippen LogP contribution in [0.5, 0.6) is 5.75 Å². The van der Waals surface area contributed by atoms with Gasteiger partial charge in [-0.1, -0.05) is 75.4 Å². The Labute approximate surface area is 217 Å². The van der Waals surface area contributed by atoms with Gasteiger partial charge in [0.2, 0.25) is 5.82 Å². The summed E-state index contributed by atoms with van der Waals surface area (Å²) in [6, 6.07) is 14.5. The first-order chi connectivity index (χ1) is 18.0. The van der Waals surface area contributed by atoms with Crippen molar-refractivity contribution in [3.63, 3.8) is 0 Å². The quantitative estimate of drug-likeness (QED) is 0.240. The first-order valence-electron chi connectivity index (χ1n) is 13.3. The molecule has 4 rings (SSSR count). The number of rotatable bonds is 11. The minimum absolute atomic E-state index is 0.119. The van der Waals surface area contributed by atoms with Crippen molar-refractivity contribution in [3.8, 4) is 28.0 Å². The average molecular weight is 513 g/mol. The maximum absolute atomic E-state index is 15.1. The number of ether oxygens (including phenoxy) is 3. The molecular weight excluding hydrogens is 477 g/mol. The summed E-state index contributed by atoms with van der Waals surface area (Å²) in [7, 11) is 0. The van der Waals surface area contributed by atoms with Gasteiger partial charge in [0.15, 0.2) is 17.9 Å². The second-order valence-corrected chi connectivity index (χ2v) is 9.56. The molecule has 3 nitrogen and oxygen atoms in total. The van der Waals surface area contributed by atoms with Crippen molar-refractivity contribution in [1.29, 1.82) is 0 Å². The van der Waals surface area contributed by atoms with Crippen molar-refractivity contribution in [2.24, 2.45) is 5.92 Å². The molecule has 1 aliphatic rings. The van der Waals surface area contributed by atoms with Crippen LogP contribution in [0.3, 0.4) is 0 Å². The van der Waals surface area contributed by atoms with Crippen molar-refractivity contribution in [2.45, 2.75) is 58.7 Å². The van der Waals surface area contributed by atoms with Gasteiger partial charge >= 0.3 is 0 Å². The van der Waals surface area contributed by atoms with Crippen LogP contribution in [0.25, 0.3) is 22.3 Å². The fraction of sp³-hybridized carbons (Fsp3) is 0.419. The summed E-state index contributed by atoms with van der Waals surface area (Å²) in [6.07, 6.45) is 6.75. The van der Waals surface area contributed by atoms with Gasteiger partial charge in [-0.3, -0.25) is 0 Å². The summed E-state index contributed by atoms with van der Waals surface area (Å²) >= 11 is 0. The van der Waals surface area contributed by atoms with Gasteiger partial charge in [0.25, 0.3) is 0 Å². The number of benzene rings is 3. The van der Waals surface area contributed by atoms with Gasteiger partial charge in [-0.05, 0) is 42.7 Å². The lowest BCUT2D eigenvalue weighted by Gasteiger charge is -2.29. The Kier molecular flexibility index (Phi) is 9.64. The van der Waals surface area contributed by atoms with E-state index in [0.29, 0.717) is 41.4 Å². The smallest absolute Gasteiger partial charge is 0.201 e. The lowest BCUT2D eigenvalue weighted by atomic mass is 9.98. The number of unbranched alkanes of at least 4 members (excludes halogenated alkanes) is 4. The van der Waals surface area contributed by atoms with Gasteiger partial charge < -0.3 is 14.2 Å². The molecule has 1 fully saturated rings. The Bertz CT molecular complexity index is 1160. The van der Waals surface area contributed by atoms with E-state index in [4.69, 9.17) is 14.2 Å². The molecule has 3 aromatic rings. The number of halogens is 3. The molecule has 1 heterocycles. The van der Waals surface area contributed by atoms with E-state index in [1.165, 1.54) is 50.3 Å². The third-order valence-corrected chi connectivity index (χ3v) is 6.80. The lowest BCUT2D eigenvalue weighted by molar-refractivity contribution is -0.206. The minimum atomic E-state index is -1.02. The lowest BCUT2D eigenvalue weighted by Crippen LogP contribution is -2.27. The van der Waals surface area contributed by atoms with E-state index in [1.54, 1.807) is 37.3 Å². The van der Waals surface area contributed by atoms with Crippen LogP contribution in [0.4, 0.5) is 13.2 Å². The summed E-state index contributed by atoms with van der Waals surface area (Å²) < 4.78 is 60.8. The van der Waals surface area contributed by atoms with Gasteiger partial charge in [0.1, 0.15) is 5.82 Å². The maximum Gasteiger partial charge on any atom is 0.201 e. The van der Waals surface area contributed by atoms with Crippen LogP contribution in [0, 0.1) is 23.4 Å². The van der Waals surface area contributed by atoms with Crippen LogP contribution in [0.15, 0.2) is 54.6 Å². The summed E-state index contributed by atoms with van der Waals surface area (Å²) in [6.45, 7) is 5.40. The minimum Gasteiger partial charge on any atom is -0.491 e. The summed E-state index contributed by atoms with van der Waals surface area (Å²) in [5, 5.41) is 0. The van der Waals surface area contributed by atoms with Crippen LogP contribution in [-0.2, 0) is 9.47 Å². The van der Waals surface area contributed by atoms with Crippen molar-refractivity contribution in [2.75, 3.05) is 19.8 Å². The molecule has 198 valence electrons. The molecule has 0 N–H and O–H groups in total. The summed E-state index contributed by atoms with van der Waals surface area (Å²) in [5.41, 5.74) is 2.30. The van der Waals surface area contributed by atoms with Gasteiger partial charge in [0.05, 0.1) is 19.8 Å². The van der Waals surface area contributed by atoms with E-state index in [-0.39, 0.29) is 17.9 Å². The van der Waals surface area contributed by atoms with Crippen LogP contribution in [0.1, 0.15) is 64.2 Å². The standard InChI is InChI=1S/C31H35F3O3/c1-3-5-6-7-8-9-21-19-36-31(37-20-21)24-14-15-25(27(32)18-24)22-10-12-23(13-11-22)26-16-17-28(35-4-2)30(34)29(26)33/h10-18,21,31H,3-9,19-20H2,1-2H3. The fourth-order valence-electron chi connectivity index (χ4n) is 4.70. The van der Waals surface area contributed by atoms with E-state index in [0.717, 1.165) is 6.42 Å². The molecule has 0 radical (unpaired) electrons. The third-order valence-electron chi connectivity index (χ3n) is 6.80. The zero-order valence-electron chi connectivity index (χ0n) is 21.6. The highest BCUT2D eigenvalue weighted by atomic mass is 19.2. The predicted molar refractivity (Wildman–Crippen MR) is 140 cm³/mol. The Morgan fingerprint density at radius 3 is 2.05 bits per heavy atom. The molecule has 0 bridgehead atoms. The van der Waals surface area contributed by atoms with E-state index >= 15 is 4.39 Å². The Morgan fingerprint density at radius 2 is 1.41 bits per heavy atom. The Balaban J connectivity index is 1.38. The van der Waals surface area contributed by atoms with Crippen molar-refractivity contribution >= 4 is 0 Å². The topological polar surface area (TPSA) is 27.7 Å². The second kappa shape index (κ2) is 13.1. The van der Waals surface area contributed by atoms with E-state index < -0.39 is 23.7 Å². The number of hydrogen-bond acceptors (Lipinski definition) is 3.